The highest BCUT2D eigenvalue weighted by molar-refractivity contribution is 14.1. The summed E-state index contributed by atoms with van der Waals surface area (Å²) in [6.07, 6.45) is 3.55. The Kier molecular flexibility index (Phi) is 5.68. The number of carbonyl (C=O) groups excluding carboxylic acids is 1. The van der Waals surface area contributed by atoms with Crippen LogP contribution in [0.3, 0.4) is 0 Å². The van der Waals surface area contributed by atoms with Crippen molar-refractivity contribution in [1.82, 2.24) is 0 Å². The highest BCUT2D eigenvalue weighted by Crippen LogP contribution is 2.09. The van der Waals surface area contributed by atoms with Crippen LogP contribution in [0.5, 0.6) is 0 Å². The third-order valence-electron chi connectivity index (χ3n) is 2.22. The van der Waals surface area contributed by atoms with Crippen molar-refractivity contribution in [2.24, 2.45) is 0 Å². The number of aryl methyl sites for hydroxylation is 1. The normalized spacial score (nSPS) is 10.0. The van der Waals surface area contributed by atoms with E-state index in [0.29, 0.717) is 5.56 Å². The molecule has 0 atom stereocenters. The second kappa shape index (κ2) is 6.82. The molecule has 0 saturated carbocycles. The van der Waals surface area contributed by atoms with E-state index >= 15 is 0 Å². The van der Waals surface area contributed by atoms with Gasteiger partial charge in [0.25, 0.3) is 0 Å². The van der Waals surface area contributed by atoms with E-state index in [1.807, 2.05) is 24.3 Å². The van der Waals surface area contributed by atoms with Crippen molar-refractivity contribution in [1.29, 1.82) is 0 Å². The predicted molar refractivity (Wildman–Crippen MR) is 69.6 cm³/mol. The fourth-order valence-electron chi connectivity index (χ4n) is 1.35. The molecule has 0 fully saturated rings. The summed E-state index contributed by atoms with van der Waals surface area (Å²) < 4.78 is 5.84. The van der Waals surface area contributed by atoms with Crippen LogP contribution in [-0.4, -0.2) is 17.5 Å². The van der Waals surface area contributed by atoms with Gasteiger partial charge in [-0.3, -0.25) is 0 Å². The van der Waals surface area contributed by atoms with E-state index in [0.717, 1.165) is 6.42 Å². The Balaban J connectivity index is 2.52. The molecule has 3 heteroatoms. The number of halogens is 1. The zero-order valence-corrected chi connectivity index (χ0v) is 11.0. The van der Waals surface area contributed by atoms with E-state index in [1.54, 1.807) is 0 Å². The van der Waals surface area contributed by atoms with Crippen LogP contribution in [0.15, 0.2) is 24.3 Å². The van der Waals surface area contributed by atoms with Crippen molar-refractivity contribution in [2.45, 2.75) is 19.3 Å². The van der Waals surface area contributed by atoms with Crippen molar-refractivity contribution >= 4 is 28.6 Å². The summed E-state index contributed by atoms with van der Waals surface area (Å²) >= 11 is 2.39. The molecule has 0 heterocycles. The minimum atomic E-state index is -0.270. The predicted octanol–water partition coefficient (Wildman–Crippen LogP) is 3.23. The zero-order chi connectivity index (χ0) is 11.1. The maximum absolute atomic E-state index is 11.2. The molecule has 0 spiro atoms. The van der Waals surface area contributed by atoms with Crippen molar-refractivity contribution in [2.75, 3.05) is 11.5 Å². The molecule has 0 aliphatic heterocycles. The Morgan fingerprint density at radius 1 is 1.27 bits per heavy atom. The van der Waals surface area contributed by atoms with Gasteiger partial charge in [-0.05, 0) is 41.4 Å². The summed E-state index contributed by atoms with van der Waals surface area (Å²) in [5, 5.41) is 0. The molecule has 1 aromatic carbocycles. The Bertz CT molecular complexity index is 306. The largest absolute Gasteiger partial charge is 0.465 e. The molecule has 1 rings (SSSR count). The van der Waals surface area contributed by atoms with Crippen LogP contribution in [-0.2, 0) is 11.2 Å². The van der Waals surface area contributed by atoms with E-state index in [4.69, 9.17) is 0 Å². The van der Waals surface area contributed by atoms with Gasteiger partial charge in [-0.25, -0.2) is 4.79 Å². The number of alkyl halides is 1. The molecule has 1 aromatic rings. The molecule has 0 bridgehead atoms. The summed E-state index contributed by atoms with van der Waals surface area (Å²) in [5.74, 6) is -0.270. The summed E-state index contributed by atoms with van der Waals surface area (Å²) in [6, 6.07) is 7.65. The van der Waals surface area contributed by atoms with E-state index in [1.165, 1.54) is 29.9 Å². The Labute approximate surface area is 104 Å². The molecule has 2 nitrogen and oxygen atoms in total. The highest BCUT2D eigenvalue weighted by atomic mass is 127. The fourth-order valence-corrected chi connectivity index (χ4v) is 1.89. The summed E-state index contributed by atoms with van der Waals surface area (Å²) in [7, 11) is 1.40. The number of esters is 1. The maximum atomic E-state index is 11.2. The first-order valence-corrected chi connectivity index (χ1v) is 6.53. The standard InChI is InChI=1S/C12H15IO2/c1-15-12(14)11-7-5-10(6-8-11)4-2-3-9-13/h5-8H,2-4,9H2,1H3. The zero-order valence-electron chi connectivity index (χ0n) is 8.83. The van der Waals surface area contributed by atoms with Gasteiger partial charge in [0.2, 0.25) is 0 Å². The molecule has 0 N–H and O–H groups in total. The SMILES string of the molecule is COC(=O)c1ccc(CCCCI)cc1. The number of ether oxygens (including phenoxy) is 1. The number of hydrogen-bond donors (Lipinski definition) is 0. The number of carbonyl (C=O) groups is 1. The number of rotatable bonds is 5. The quantitative estimate of drug-likeness (QED) is 0.361. The van der Waals surface area contributed by atoms with Gasteiger partial charge in [0.05, 0.1) is 12.7 Å². The van der Waals surface area contributed by atoms with E-state index < -0.39 is 0 Å². The molecular formula is C12H15IO2. The van der Waals surface area contributed by atoms with Crippen LogP contribution in [0, 0.1) is 0 Å². The van der Waals surface area contributed by atoms with Crippen LogP contribution in [0.1, 0.15) is 28.8 Å². The van der Waals surface area contributed by atoms with E-state index in [-0.39, 0.29) is 5.97 Å². The van der Waals surface area contributed by atoms with Gasteiger partial charge in [-0.1, -0.05) is 34.7 Å². The lowest BCUT2D eigenvalue weighted by atomic mass is 10.1. The molecule has 15 heavy (non-hydrogen) atoms. The first-order valence-electron chi connectivity index (χ1n) is 5.01. The fraction of sp³-hybridized carbons (Fsp3) is 0.417. The van der Waals surface area contributed by atoms with Crippen molar-refractivity contribution < 1.29 is 9.53 Å². The number of hydrogen-bond acceptors (Lipinski definition) is 2. The summed E-state index contributed by atoms with van der Waals surface area (Å²) in [4.78, 5) is 11.2. The highest BCUT2D eigenvalue weighted by Gasteiger charge is 2.03. The Morgan fingerprint density at radius 3 is 2.47 bits per heavy atom. The van der Waals surface area contributed by atoms with Gasteiger partial charge in [-0.15, -0.1) is 0 Å². The first kappa shape index (κ1) is 12.5. The van der Waals surface area contributed by atoms with Crippen molar-refractivity contribution in [3.63, 3.8) is 0 Å². The third-order valence-corrected chi connectivity index (χ3v) is 2.99. The van der Waals surface area contributed by atoms with Crippen LogP contribution >= 0.6 is 22.6 Å². The van der Waals surface area contributed by atoms with Crippen LogP contribution in [0.2, 0.25) is 0 Å². The average molecular weight is 318 g/mol. The molecule has 82 valence electrons. The van der Waals surface area contributed by atoms with Gasteiger partial charge in [0.15, 0.2) is 0 Å². The van der Waals surface area contributed by atoms with Crippen molar-refractivity contribution in [3.8, 4) is 0 Å². The molecular weight excluding hydrogens is 303 g/mol. The molecule has 0 aliphatic rings. The minimum Gasteiger partial charge on any atom is -0.465 e. The van der Waals surface area contributed by atoms with Gasteiger partial charge in [-0.2, -0.15) is 0 Å². The maximum Gasteiger partial charge on any atom is 0.337 e. The molecule has 0 unspecified atom stereocenters. The molecule has 0 amide bonds. The smallest absolute Gasteiger partial charge is 0.337 e. The number of benzene rings is 1. The van der Waals surface area contributed by atoms with Gasteiger partial charge in [0.1, 0.15) is 0 Å². The minimum absolute atomic E-state index is 0.270. The molecule has 0 radical (unpaired) electrons. The number of unbranched alkanes of at least 4 members (excludes halogenated alkanes) is 1. The topological polar surface area (TPSA) is 26.3 Å². The lowest BCUT2D eigenvalue weighted by molar-refractivity contribution is 0.0600. The second-order valence-corrected chi connectivity index (χ2v) is 4.41. The lowest BCUT2D eigenvalue weighted by Crippen LogP contribution is -2.00. The van der Waals surface area contributed by atoms with Crippen LogP contribution in [0.4, 0.5) is 0 Å². The Hall–Kier alpha value is -0.580. The Morgan fingerprint density at radius 2 is 1.93 bits per heavy atom. The first-order chi connectivity index (χ1) is 7.27. The van der Waals surface area contributed by atoms with Crippen LogP contribution < -0.4 is 0 Å². The summed E-state index contributed by atoms with van der Waals surface area (Å²) in [5.41, 5.74) is 1.91. The van der Waals surface area contributed by atoms with E-state index in [2.05, 4.69) is 27.3 Å². The van der Waals surface area contributed by atoms with Gasteiger partial charge >= 0.3 is 5.97 Å². The lowest BCUT2D eigenvalue weighted by Gasteiger charge is -2.02. The molecule has 0 saturated heterocycles. The monoisotopic (exact) mass is 318 g/mol. The van der Waals surface area contributed by atoms with Crippen LogP contribution in [0.25, 0.3) is 0 Å². The molecule has 0 aromatic heterocycles. The van der Waals surface area contributed by atoms with Crippen molar-refractivity contribution in [3.05, 3.63) is 35.4 Å². The van der Waals surface area contributed by atoms with E-state index in [9.17, 15) is 4.79 Å². The third kappa shape index (κ3) is 4.20. The number of methoxy groups -OCH3 is 1. The average Bonchev–Trinajstić information content (AvgIpc) is 2.29. The van der Waals surface area contributed by atoms with Gasteiger partial charge < -0.3 is 4.74 Å². The molecule has 0 aliphatic carbocycles. The second-order valence-electron chi connectivity index (χ2n) is 3.33. The summed E-state index contributed by atoms with van der Waals surface area (Å²) in [6.45, 7) is 0. The van der Waals surface area contributed by atoms with Gasteiger partial charge in [0, 0.05) is 0 Å².